The van der Waals surface area contributed by atoms with Crippen molar-refractivity contribution in [3.8, 4) is 0 Å². The zero-order valence-corrected chi connectivity index (χ0v) is 29.3. The molecule has 0 aliphatic heterocycles. The summed E-state index contributed by atoms with van der Waals surface area (Å²) in [6.07, 6.45) is 0. The number of hydrogen-bond acceptors (Lipinski definition) is 0. The molecule has 7 heteroatoms. The van der Waals surface area contributed by atoms with Crippen LogP contribution in [-0.4, -0.2) is 10.7 Å². The Morgan fingerprint density at radius 3 is 0.791 bits per heavy atom. The largest absolute Gasteiger partial charge is 2.00 e. The molecule has 0 fully saturated rings. The fourth-order valence-corrected chi connectivity index (χ4v) is 8.84. The molecule has 0 N–H and O–H groups in total. The van der Waals surface area contributed by atoms with E-state index in [0.717, 1.165) is 0 Å². The van der Waals surface area contributed by atoms with E-state index in [-0.39, 0.29) is 27.7 Å². The molecule has 0 aliphatic carbocycles. The maximum atomic E-state index is 4.76. The van der Waals surface area contributed by atoms with E-state index in [1.807, 2.05) is 0 Å². The van der Waals surface area contributed by atoms with Crippen LogP contribution in [0.25, 0.3) is 0 Å². The standard InChI is InChI=1S/2C17H14P.2CH2Cl2.Fe/c2*1-3-9-15(10-4-1)18(17-13-7-8-14-17)16-11-5-2-6-12-16;2*2-1-3;/h2*1-14H;2*1H2;/q2*-1;;;+2. The van der Waals surface area contributed by atoms with Crippen molar-refractivity contribution in [1.29, 1.82) is 0 Å². The Kier molecular flexibility index (Phi) is 19.6. The summed E-state index contributed by atoms with van der Waals surface area (Å²) in [5.41, 5.74) is 0. The fourth-order valence-electron chi connectivity index (χ4n) is 4.23. The molecule has 0 saturated heterocycles. The van der Waals surface area contributed by atoms with Gasteiger partial charge in [0.1, 0.15) is 0 Å². The number of halogens is 4. The third kappa shape index (κ3) is 12.6. The molecule has 0 atom stereocenters. The van der Waals surface area contributed by atoms with Crippen molar-refractivity contribution in [2.45, 2.75) is 0 Å². The first kappa shape index (κ1) is 37.3. The molecule has 0 bridgehead atoms. The zero-order chi connectivity index (χ0) is 29.8. The van der Waals surface area contributed by atoms with Gasteiger partial charge in [-0.1, -0.05) is 121 Å². The molecule has 0 aliphatic rings. The minimum atomic E-state index is -0.409. The topological polar surface area (TPSA) is 0 Å². The molecule has 6 aromatic rings. The van der Waals surface area contributed by atoms with Crippen LogP contribution < -0.4 is 31.8 Å². The van der Waals surface area contributed by atoms with Gasteiger partial charge in [0.15, 0.2) is 0 Å². The minimum Gasteiger partial charge on any atom is -0.213 e. The predicted molar refractivity (Wildman–Crippen MR) is 195 cm³/mol. The smallest absolute Gasteiger partial charge is 0.213 e. The van der Waals surface area contributed by atoms with Gasteiger partial charge in [-0.25, -0.2) is 24.3 Å². The molecular weight excluding hydrogens is 692 g/mol. The van der Waals surface area contributed by atoms with Crippen LogP contribution >= 0.6 is 62.2 Å². The van der Waals surface area contributed by atoms with Crippen molar-refractivity contribution in [3.63, 3.8) is 0 Å². The molecule has 0 unspecified atom stereocenters. The van der Waals surface area contributed by atoms with E-state index < -0.39 is 15.8 Å². The first-order valence-electron chi connectivity index (χ1n) is 13.2. The molecule has 43 heavy (non-hydrogen) atoms. The second kappa shape index (κ2) is 22.6. The summed E-state index contributed by atoms with van der Waals surface area (Å²) in [5.74, 6) is 0. The van der Waals surface area contributed by atoms with Crippen LogP contribution in [0, 0.1) is 0 Å². The predicted octanol–water partition coefficient (Wildman–Crippen LogP) is 9.17. The third-order valence-electron chi connectivity index (χ3n) is 5.86. The Morgan fingerprint density at radius 2 is 0.605 bits per heavy atom. The summed E-state index contributed by atoms with van der Waals surface area (Å²) in [5, 5.41) is 8.86. The molecule has 0 aromatic heterocycles. The van der Waals surface area contributed by atoms with Gasteiger partial charge in [0.25, 0.3) is 0 Å². The fraction of sp³-hybridized carbons (Fsp3) is 0.0556. The number of hydrogen-bond donors (Lipinski definition) is 0. The Balaban J connectivity index is 0.000000249. The van der Waals surface area contributed by atoms with Crippen LogP contribution in [0.2, 0.25) is 0 Å². The van der Waals surface area contributed by atoms with Gasteiger partial charge in [-0.15, -0.1) is 57.0 Å². The third-order valence-corrected chi connectivity index (χ3v) is 10.8. The summed E-state index contributed by atoms with van der Waals surface area (Å²) in [6.45, 7) is 0. The van der Waals surface area contributed by atoms with E-state index in [1.54, 1.807) is 0 Å². The van der Waals surface area contributed by atoms with Crippen molar-refractivity contribution >= 4 is 94.1 Å². The summed E-state index contributed by atoms with van der Waals surface area (Å²) in [7, 11) is -0.818. The monoisotopic (exact) mass is 722 g/mol. The molecule has 6 aromatic carbocycles. The van der Waals surface area contributed by atoms with Crippen molar-refractivity contribution in [1.82, 2.24) is 0 Å². The second-order valence-corrected chi connectivity index (χ2v) is 14.6. The molecule has 0 heterocycles. The summed E-state index contributed by atoms with van der Waals surface area (Å²) >= 11 is 19.1. The average molecular weight is 724 g/mol. The van der Waals surface area contributed by atoms with E-state index in [4.69, 9.17) is 46.4 Å². The first-order chi connectivity index (χ1) is 20.7. The van der Waals surface area contributed by atoms with Gasteiger partial charge in [-0.3, -0.25) is 0 Å². The molecule has 0 saturated carbocycles. The van der Waals surface area contributed by atoms with Crippen molar-refractivity contribution < 1.29 is 17.1 Å². The molecule has 0 spiro atoms. The molecule has 0 amide bonds. The molecular formula is C36H32Cl4FeP2. The van der Waals surface area contributed by atoms with E-state index in [1.165, 1.54) is 31.8 Å². The maximum Gasteiger partial charge on any atom is 2.00 e. The quantitative estimate of drug-likeness (QED) is 0.0696. The normalized spacial score (nSPS) is 9.81. The van der Waals surface area contributed by atoms with Crippen molar-refractivity contribution in [3.05, 3.63) is 170 Å². The molecule has 222 valence electrons. The summed E-state index contributed by atoms with van der Waals surface area (Å²) in [6, 6.07) is 60.5. The van der Waals surface area contributed by atoms with E-state index >= 15 is 0 Å². The van der Waals surface area contributed by atoms with Gasteiger partial charge in [-0.05, 0) is 37.1 Å². The van der Waals surface area contributed by atoms with Gasteiger partial charge in [0.05, 0.1) is 10.7 Å². The molecule has 0 radical (unpaired) electrons. The van der Waals surface area contributed by atoms with Gasteiger partial charge in [0.2, 0.25) is 0 Å². The molecule has 0 nitrogen and oxygen atoms in total. The molecule has 6 rings (SSSR count). The SMILES string of the molecule is ClCCl.ClCCl.[Fe+2].c1ccc(P(c2ccccc2)c2ccc[cH-]2)cc1.c1ccc(P(c2ccccc2)c2ccc[cH-]2)cc1. The van der Waals surface area contributed by atoms with Gasteiger partial charge < -0.3 is 0 Å². The Hall–Kier alpha value is -1.88. The van der Waals surface area contributed by atoms with Crippen molar-refractivity contribution in [2.75, 3.05) is 10.7 Å². The summed E-state index contributed by atoms with van der Waals surface area (Å²) < 4.78 is 0. The zero-order valence-electron chi connectivity index (χ0n) is 23.3. The van der Waals surface area contributed by atoms with Crippen LogP contribution in [-0.2, 0) is 17.1 Å². The maximum absolute atomic E-state index is 4.76. The van der Waals surface area contributed by atoms with E-state index in [0.29, 0.717) is 0 Å². The van der Waals surface area contributed by atoms with Crippen LogP contribution in [0.15, 0.2) is 170 Å². The Morgan fingerprint density at radius 1 is 0.372 bits per heavy atom. The van der Waals surface area contributed by atoms with Gasteiger partial charge in [-0.2, -0.15) is 24.3 Å². The minimum absolute atomic E-state index is 0. The van der Waals surface area contributed by atoms with Crippen LogP contribution in [0.4, 0.5) is 0 Å². The van der Waals surface area contributed by atoms with Gasteiger partial charge in [0, 0.05) is 0 Å². The van der Waals surface area contributed by atoms with Crippen LogP contribution in [0.3, 0.4) is 0 Å². The van der Waals surface area contributed by atoms with Crippen LogP contribution in [0.5, 0.6) is 0 Å². The van der Waals surface area contributed by atoms with Crippen LogP contribution in [0.1, 0.15) is 0 Å². The first-order valence-corrected chi connectivity index (χ1v) is 18.0. The summed E-state index contributed by atoms with van der Waals surface area (Å²) in [4.78, 5) is 0. The van der Waals surface area contributed by atoms with Gasteiger partial charge >= 0.3 is 17.1 Å². The average Bonchev–Trinajstić information content (AvgIpc) is 3.77. The van der Waals surface area contributed by atoms with Crippen molar-refractivity contribution in [2.24, 2.45) is 0 Å². The van der Waals surface area contributed by atoms with E-state index in [2.05, 4.69) is 170 Å². The second-order valence-electron chi connectivity index (χ2n) is 8.50. The number of alkyl halides is 4. The Bertz CT molecular complexity index is 1260. The van der Waals surface area contributed by atoms with E-state index in [9.17, 15) is 0 Å². The number of benzene rings is 4. The Labute approximate surface area is 289 Å². The number of rotatable bonds is 6.